The van der Waals surface area contributed by atoms with Crippen LogP contribution in [0.25, 0.3) is 6.08 Å². The fraction of sp³-hybridized carbons (Fsp3) is 0.333. The maximum atomic E-state index is 13.6. The molecule has 1 heterocycles. The van der Waals surface area contributed by atoms with Gasteiger partial charge in [0.2, 0.25) is 0 Å². The van der Waals surface area contributed by atoms with E-state index in [0.29, 0.717) is 16.9 Å². The normalized spacial score (nSPS) is 25.9. The van der Waals surface area contributed by atoms with Crippen molar-refractivity contribution in [3.63, 3.8) is 0 Å². The summed E-state index contributed by atoms with van der Waals surface area (Å²) in [7, 11) is 1.41. The summed E-state index contributed by atoms with van der Waals surface area (Å²) in [5.74, 6) is 0.765. The summed E-state index contributed by atoms with van der Waals surface area (Å²) in [6, 6.07) is 18.9. The van der Waals surface area contributed by atoms with E-state index in [0.717, 1.165) is 22.7 Å². The number of amides is 5. The molecular weight excluding hydrogens is 606 g/mol. The molecule has 46 heavy (non-hydrogen) atoms. The second-order valence-electron chi connectivity index (χ2n) is 12.9. The summed E-state index contributed by atoms with van der Waals surface area (Å²) < 4.78 is 11.1. The van der Waals surface area contributed by atoms with Crippen LogP contribution in [0.3, 0.4) is 0 Å². The standard InChI is InChI=1S/C36H34ClN3O6/c1-45-30-16-21(15-29(37)32(30)46-20-31(41)38-26-5-3-2-4-6-26)14-28-33(42)39-35(44)40(34(28)43)27-9-7-25(8-10-27)36-17-22-11-23(18-36)13-24(12-22)19-36/h2-10,14-16,22-24H,11-13,17-20H2,1H3,(H,38,41)(H,39,42,44)/b28-14+. The summed E-state index contributed by atoms with van der Waals surface area (Å²) in [5, 5.41) is 5.12. The van der Waals surface area contributed by atoms with Gasteiger partial charge in [-0.1, -0.05) is 41.9 Å². The predicted octanol–water partition coefficient (Wildman–Crippen LogP) is 6.50. The summed E-state index contributed by atoms with van der Waals surface area (Å²) in [6.07, 6.45) is 9.02. The number of hydrogen-bond donors (Lipinski definition) is 2. The van der Waals surface area contributed by atoms with Gasteiger partial charge in [0.05, 0.1) is 17.8 Å². The number of para-hydroxylation sites is 1. The molecule has 3 aromatic rings. The zero-order valence-electron chi connectivity index (χ0n) is 25.4. The van der Waals surface area contributed by atoms with Crippen LogP contribution < -0.4 is 25.0 Å². The predicted molar refractivity (Wildman–Crippen MR) is 174 cm³/mol. The molecule has 9 nitrogen and oxygen atoms in total. The average molecular weight is 640 g/mol. The van der Waals surface area contributed by atoms with Crippen LogP contribution in [0.2, 0.25) is 5.02 Å². The molecule has 0 unspecified atom stereocenters. The Morgan fingerprint density at radius 2 is 1.63 bits per heavy atom. The monoisotopic (exact) mass is 639 g/mol. The van der Waals surface area contributed by atoms with E-state index in [4.69, 9.17) is 21.1 Å². The van der Waals surface area contributed by atoms with Gasteiger partial charge in [-0.05, 0) is 115 Å². The van der Waals surface area contributed by atoms with Gasteiger partial charge in [-0.25, -0.2) is 9.69 Å². The molecule has 2 N–H and O–H groups in total. The van der Waals surface area contributed by atoms with E-state index in [1.807, 2.05) is 18.2 Å². The average Bonchev–Trinajstić information content (AvgIpc) is 3.02. The Labute approximate surface area is 271 Å². The first kappa shape index (κ1) is 30.0. The molecular formula is C36H34ClN3O6. The molecule has 5 aliphatic rings. The Balaban J connectivity index is 1.09. The van der Waals surface area contributed by atoms with Crippen molar-refractivity contribution in [1.82, 2.24) is 5.32 Å². The van der Waals surface area contributed by atoms with Crippen molar-refractivity contribution >= 4 is 52.8 Å². The molecule has 0 spiro atoms. The molecule has 0 atom stereocenters. The molecule has 5 fully saturated rings. The molecule has 8 rings (SSSR count). The lowest BCUT2D eigenvalue weighted by molar-refractivity contribution is -0.122. The Morgan fingerprint density at radius 3 is 2.26 bits per heavy atom. The van der Waals surface area contributed by atoms with Gasteiger partial charge >= 0.3 is 6.03 Å². The lowest BCUT2D eigenvalue weighted by atomic mass is 9.48. The van der Waals surface area contributed by atoms with Crippen LogP contribution in [0.1, 0.15) is 49.7 Å². The van der Waals surface area contributed by atoms with E-state index in [1.54, 1.807) is 36.4 Å². The van der Waals surface area contributed by atoms with Gasteiger partial charge in [-0.15, -0.1) is 0 Å². The highest BCUT2D eigenvalue weighted by atomic mass is 35.5. The molecule has 4 saturated carbocycles. The number of urea groups is 1. The summed E-state index contributed by atoms with van der Waals surface area (Å²) in [4.78, 5) is 52.8. The minimum atomic E-state index is -0.815. The fourth-order valence-corrected chi connectivity index (χ4v) is 8.58. The van der Waals surface area contributed by atoms with E-state index in [1.165, 1.54) is 69.4 Å². The van der Waals surface area contributed by atoms with Crippen molar-refractivity contribution in [3.05, 3.63) is 88.5 Å². The van der Waals surface area contributed by atoms with Gasteiger partial charge < -0.3 is 14.8 Å². The highest BCUT2D eigenvalue weighted by Crippen LogP contribution is 2.60. The van der Waals surface area contributed by atoms with Crippen LogP contribution in [0.5, 0.6) is 11.5 Å². The van der Waals surface area contributed by atoms with E-state index in [-0.39, 0.29) is 34.1 Å². The van der Waals surface area contributed by atoms with Gasteiger partial charge in [0.15, 0.2) is 18.1 Å². The van der Waals surface area contributed by atoms with Crippen molar-refractivity contribution in [2.45, 2.75) is 43.9 Å². The van der Waals surface area contributed by atoms with Gasteiger partial charge in [0.1, 0.15) is 5.57 Å². The number of benzene rings is 3. The molecule has 0 aromatic heterocycles. The highest BCUT2D eigenvalue weighted by molar-refractivity contribution is 6.39. The van der Waals surface area contributed by atoms with E-state index >= 15 is 0 Å². The number of ether oxygens (including phenoxy) is 2. The minimum Gasteiger partial charge on any atom is -0.493 e. The number of methoxy groups -OCH3 is 1. The van der Waals surface area contributed by atoms with Gasteiger partial charge in [-0.3, -0.25) is 19.7 Å². The molecule has 236 valence electrons. The topological polar surface area (TPSA) is 114 Å². The molecule has 4 bridgehead atoms. The quantitative estimate of drug-likeness (QED) is 0.215. The third-order valence-corrected chi connectivity index (χ3v) is 10.1. The second-order valence-corrected chi connectivity index (χ2v) is 13.3. The molecule has 4 aliphatic carbocycles. The summed E-state index contributed by atoms with van der Waals surface area (Å²) in [5.41, 5.74) is 2.60. The van der Waals surface area contributed by atoms with Crippen LogP contribution in [0.4, 0.5) is 16.2 Å². The van der Waals surface area contributed by atoms with Crippen molar-refractivity contribution in [2.24, 2.45) is 17.8 Å². The van der Waals surface area contributed by atoms with Crippen molar-refractivity contribution < 1.29 is 28.7 Å². The third kappa shape index (κ3) is 5.64. The zero-order chi connectivity index (χ0) is 32.0. The lowest BCUT2D eigenvalue weighted by Gasteiger charge is -2.57. The Kier molecular flexibility index (Phi) is 7.80. The first-order valence-electron chi connectivity index (χ1n) is 15.6. The zero-order valence-corrected chi connectivity index (χ0v) is 26.1. The Bertz CT molecular complexity index is 1720. The third-order valence-electron chi connectivity index (χ3n) is 9.85. The summed E-state index contributed by atoms with van der Waals surface area (Å²) >= 11 is 6.51. The number of rotatable bonds is 8. The van der Waals surface area contributed by atoms with E-state index in [2.05, 4.69) is 10.6 Å². The molecule has 10 heteroatoms. The van der Waals surface area contributed by atoms with Gasteiger partial charge in [0, 0.05) is 5.69 Å². The molecule has 1 saturated heterocycles. The molecule has 5 amide bonds. The SMILES string of the molecule is COc1cc(/C=C2\C(=O)NC(=O)N(c3ccc(C45CC6CC(CC(C6)C4)C5)cc3)C2=O)cc(Cl)c1OCC(=O)Nc1ccccc1. The van der Waals surface area contributed by atoms with Gasteiger partial charge in [-0.2, -0.15) is 0 Å². The second kappa shape index (κ2) is 11.9. The number of anilines is 2. The number of carbonyl (C=O) groups excluding carboxylic acids is 4. The van der Waals surface area contributed by atoms with Crippen LogP contribution in [0.15, 0.2) is 72.3 Å². The number of barbiturate groups is 1. The van der Waals surface area contributed by atoms with Crippen molar-refractivity contribution in [1.29, 1.82) is 0 Å². The van der Waals surface area contributed by atoms with Crippen LogP contribution in [-0.2, 0) is 19.8 Å². The lowest BCUT2D eigenvalue weighted by Crippen LogP contribution is -2.54. The van der Waals surface area contributed by atoms with Crippen LogP contribution >= 0.6 is 11.6 Å². The molecule has 1 aliphatic heterocycles. The maximum Gasteiger partial charge on any atom is 0.335 e. The van der Waals surface area contributed by atoms with Crippen LogP contribution in [0, 0.1) is 17.8 Å². The number of imide groups is 2. The highest BCUT2D eigenvalue weighted by Gasteiger charge is 2.51. The first-order chi connectivity index (χ1) is 22.2. The maximum absolute atomic E-state index is 13.6. The Hall–Kier alpha value is -4.63. The largest absolute Gasteiger partial charge is 0.493 e. The molecule has 0 radical (unpaired) electrons. The molecule has 3 aromatic carbocycles. The summed E-state index contributed by atoms with van der Waals surface area (Å²) in [6.45, 7) is -0.328. The van der Waals surface area contributed by atoms with Gasteiger partial charge in [0.25, 0.3) is 17.7 Å². The fourth-order valence-electron chi connectivity index (χ4n) is 8.31. The number of halogens is 1. The van der Waals surface area contributed by atoms with Crippen LogP contribution in [-0.4, -0.2) is 37.5 Å². The Morgan fingerprint density at radius 1 is 0.978 bits per heavy atom. The number of carbonyl (C=O) groups is 4. The van der Waals surface area contributed by atoms with E-state index in [9.17, 15) is 19.2 Å². The smallest absolute Gasteiger partial charge is 0.335 e. The number of nitrogens with zero attached hydrogens (tertiary/aromatic N) is 1. The van der Waals surface area contributed by atoms with E-state index < -0.39 is 23.8 Å². The number of nitrogens with one attached hydrogen (secondary N) is 2. The van der Waals surface area contributed by atoms with Crippen molar-refractivity contribution in [2.75, 3.05) is 23.9 Å². The first-order valence-corrected chi connectivity index (χ1v) is 16.0. The van der Waals surface area contributed by atoms with Crippen molar-refractivity contribution in [3.8, 4) is 11.5 Å². The minimum absolute atomic E-state index is 0.107. The number of hydrogen-bond acceptors (Lipinski definition) is 6.